The molecule has 1 heterocycles. The van der Waals surface area contributed by atoms with Crippen LogP contribution in [0.5, 0.6) is 5.88 Å². The molecule has 0 aliphatic carbocycles. The molecule has 6 heteroatoms. The molecule has 0 atom stereocenters. The Hall–Kier alpha value is -0.130. The molecule has 12 heavy (non-hydrogen) atoms. The smallest absolute Gasteiger partial charge is 0.394 e. The number of ether oxygens (including phenoxy) is 1. The molecule has 0 saturated carbocycles. The summed E-state index contributed by atoms with van der Waals surface area (Å²) in [4.78, 5) is 14.1. The number of nitrogens with zero attached hydrogens (tertiary/aromatic N) is 1. The van der Waals surface area contributed by atoms with E-state index in [2.05, 4.69) is 41.6 Å². The monoisotopic (exact) mass is 313 g/mol. The van der Waals surface area contributed by atoms with E-state index in [9.17, 15) is 4.79 Å². The number of carbonyl (C=O) groups is 1. The lowest BCUT2D eigenvalue weighted by atomic mass is 10.5. The average molecular weight is 315 g/mol. The lowest BCUT2D eigenvalue weighted by Crippen LogP contribution is -1.98. The predicted molar refractivity (Wildman–Crippen MR) is 51.5 cm³/mol. The van der Waals surface area contributed by atoms with Crippen molar-refractivity contribution in [1.82, 2.24) is 4.98 Å². The molecule has 1 aromatic heterocycles. The fraction of sp³-hybridized carbons (Fsp3) is 0. The minimum Gasteiger partial charge on any atom is -0.394 e. The number of hydrogen-bond donors (Lipinski definition) is 0. The summed E-state index contributed by atoms with van der Waals surface area (Å²) in [6, 6.07) is 1.70. The van der Waals surface area contributed by atoms with Crippen LogP contribution >= 0.6 is 43.5 Å². The molecular weight excluding hydrogens is 313 g/mol. The van der Waals surface area contributed by atoms with Gasteiger partial charge in [-0.25, -0.2) is 9.78 Å². The van der Waals surface area contributed by atoms with Crippen molar-refractivity contribution < 1.29 is 9.53 Å². The van der Waals surface area contributed by atoms with Gasteiger partial charge in [0.05, 0.1) is 4.47 Å². The first kappa shape index (κ1) is 9.95. The number of aromatic nitrogens is 1. The van der Waals surface area contributed by atoms with Crippen molar-refractivity contribution >= 4 is 48.9 Å². The summed E-state index contributed by atoms with van der Waals surface area (Å²) in [6.07, 6.45) is 1.50. The third-order valence-corrected chi connectivity index (χ3v) is 2.03. The fourth-order valence-electron chi connectivity index (χ4n) is 0.553. The lowest BCUT2D eigenvalue weighted by molar-refractivity contribution is 0.223. The van der Waals surface area contributed by atoms with E-state index in [1.54, 1.807) is 6.07 Å². The molecule has 0 bridgehead atoms. The first-order valence-corrected chi connectivity index (χ1v) is 4.74. The van der Waals surface area contributed by atoms with Crippen molar-refractivity contribution in [2.75, 3.05) is 0 Å². The molecule has 0 aliphatic heterocycles. The average Bonchev–Trinajstić information content (AvgIpc) is 1.94. The highest BCUT2D eigenvalue weighted by Gasteiger charge is 2.06. The van der Waals surface area contributed by atoms with Crippen molar-refractivity contribution in [2.45, 2.75) is 0 Å². The number of hydrogen-bond acceptors (Lipinski definition) is 3. The maximum Gasteiger partial charge on any atom is 0.410 e. The quantitative estimate of drug-likeness (QED) is 0.746. The maximum atomic E-state index is 10.3. The van der Waals surface area contributed by atoms with Crippen LogP contribution in [0.4, 0.5) is 4.79 Å². The number of carbonyl (C=O) groups excluding carboxylic acids is 1. The molecule has 0 amide bonds. The minimum atomic E-state index is -0.912. The van der Waals surface area contributed by atoms with Crippen LogP contribution in [0, 0.1) is 0 Å². The standard InChI is InChI=1S/C6H2Br2ClNO2/c7-3-1-4(8)5(10-2-3)12-6(9)11/h1-2H. The summed E-state index contributed by atoms with van der Waals surface area (Å²) >= 11 is 11.3. The summed E-state index contributed by atoms with van der Waals surface area (Å²) < 4.78 is 5.89. The van der Waals surface area contributed by atoms with Crippen LogP contribution in [0.3, 0.4) is 0 Å². The van der Waals surface area contributed by atoms with Crippen LogP contribution < -0.4 is 4.74 Å². The van der Waals surface area contributed by atoms with Gasteiger partial charge in [0.15, 0.2) is 0 Å². The molecule has 0 radical (unpaired) electrons. The molecule has 0 N–H and O–H groups in total. The Morgan fingerprint density at radius 3 is 2.75 bits per heavy atom. The van der Waals surface area contributed by atoms with Gasteiger partial charge < -0.3 is 4.74 Å². The second-order valence-electron chi connectivity index (χ2n) is 1.78. The van der Waals surface area contributed by atoms with Gasteiger partial charge in [0, 0.05) is 22.3 Å². The first-order valence-electron chi connectivity index (χ1n) is 2.78. The van der Waals surface area contributed by atoms with E-state index in [0.29, 0.717) is 4.47 Å². The van der Waals surface area contributed by atoms with Crippen LogP contribution in [0.1, 0.15) is 0 Å². The second-order valence-corrected chi connectivity index (χ2v) is 3.86. The molecule has 0 unspecified atom stereocenters. The normalized spacial score (nSPS) is 9.58. The highest BCUT2D eigenvalue weighted by atomic mass is 79.9. The van der Waals surface area contributed by atoms with E-state index in [4.69, 9.17) is 11.6 Å². The van der Waals surface area contributed by atoms with Gasteiger partial charge in [-0.05, 0) is 37.9 Å². The van der Waals surface area contributed by atoms with E-state index < -0.39 is 5.43 Å². The van der Waals surface area contributed by atoms with Crippen molar-refractivity contribution in [3.8, 4) is 5.88 Å². The summed E-state index contributed by atoms with van der Waals surface area (Å²) in [6.45, 7) is 0. The van der Waals surface area contributed by atoms with Gasteiger partial charge in [0.2, 0.25) is 5.88 Å². The van der Waals surface area contributed by atoms with Crippen molar-refractivity contribution in [2.24, 2.45) is 0 Å². The Morgan fingerprint density at radius 1 is 1.58 bits per heavy atom. The molecule has 0 aromatic carbocycles. The molecule has 1 aromatic rings. The zero-order valence-corrected chi connectivity index (χ0v) is 9.48. The number of rotatable bonds is 1. The zero-order valence-electron chi connectivity index (χ0n) is 5.55. The van der Waals surface area contributed by atoms with Gasteiger partial charge in [-0.15, -0.1) is 0 Å². The van der Waals surface area contributed by atoms with Gasteiger partial charge in [-0.1, -0.05) is 0 Å². The van der Waals surface area contributed by atoms with Crippen LogP contribution in [0.15, 0.2) is 21.2 Å². The molecule has 0 saturated heterocycles. The second kappa shape index (κ2) is 4.20. The number of pyridine rings is 1. The molecule has 0 fully saturated rings. The van der Waals surface area contributed by atoms with E-state index >= 15 is 0 Å². The Bertz CT molecular complexity index is 318. The summed E-state index contributed by atoms with van der Waals surface area (Å²) in [7, 11) is 0. The molecule has 0 spiro atoms. The first-order chi connectivity index (χ1) is 5.59. The topological polar surface area (TPSA) is 39.2 Å². The van der Waals surface area contributed by atoms with Gasteiger partial charge in [0.1, 0.15) is 0 Å². The van der Waals surface area contributed by atoms with E-state index in [1.165, 1.54) is 6.20 Å². The van der Waals surface area contributed by atoms with E-state index in [1.807, 2.05) is 0 Å². The third kappa shape index (κ3) is 2.73. The number of halogens is 3. The highest BCUT2D eigenvalue weighted by Crippen LogP contribution is 2.25. The van der Waals surface area contributed by atoms with E-state index in [0.717, 1.165) is 4.47 Å². The van der Waals surface area contributed by atoms with Gasteiger partial charge in [-0.2, -0.15) is 0 Å². The molecule has 3 nitrogen and oxygen atoms in total. The largest absolute Gasteiger partial charge is 0.410 e. The maximum absolute atomic E-state index is 10.3. The minimum absolute atomic E-state index is 0.151. The predicted octanol–water partition coefficient (Wildman–Crippen LogP) is 3.34. The van der Waals surface area contributed by atoms with Crippen LogP contribution in [-0.2, 0) is 0 Å². The Balaban J connectivity index is 2.93. The Labute approximate surface area is 90.3 Å². The van der Waals surface area contributed by atoms with Crippen LogP contribution in [0.25, 0.3) is 0 Å². The van der Waals surface area contributed by atoms with Gasteiger partial charge in [-0.3, -0.25) is 0 Å². The Morgan fingerprint density at radius 2 is 2.25 bits per heavy atom. The van der Waals surface area contributed by atoms with Crippen LogP contribution in [0.2, 0.25) is 0 Å². The van der Waals surface area contributed by atoms with Gasteiger partial charge >= 0.3 is 5.43 Å². The summed E-state index contributed by atoms with van der Waals surface area (Å²) in [5.74, 6) is 0.151. The lowest BCUT2D eigenvalue weighted by Gasteiger charge is -2.00. The van der Waals surface area contributed by atoms with E-state index in [-0.39, 0.29) is 5.88 Å². The van der Waals surface area contributed by atoms with Gasteiger partial charge in [0.25, 0.3) is 0 Å². The zero-order chi connectivity index (χ0) is 9.14. The van der Waals surface area contributed by atoms with Crippen LogP contribution in [-0.4, -0.2) is 10.4 Å². The fourth-order valence-corrected chi connectivity index (χ4v) is 1.69. The van der Waals surface area contributed by atoms with Crippen molar-refractivity contribution in [1.29, 1.82) is 0 Å². The highest BCUT2D eigenvalue weighted by molar-refractivity contribution is 9.11. The SMILES string of the molecule is O=C(Cl)Oc1ncc(Br)cc1Br. The third-order valence-electron chi connectivity index (χ3n) is 0.951. The van der Waals surface area contributed by atoms with Crippen molar-refractivity contribution in [3.05, 3.63) is 21.2 Å². The summed E-state index contributed by atoms with van der Waals surface area (Å²) in [5, 5.41) is 0. The molecule has 0 aliphatic rings. The molecule has 64 valence electrons. The molecule has 1 rings (SSSR count). The Kier molecular flexibility index (Phi) is 3.49. The van der Waals surface area contributed by atoms with Crippen molar-refractivity contribution in [3.63, 3.8) is 0 Å². The summed E-state index contributed by atoms with van der Waals surface area (Å²) in [5.41, 5.74) is -0.912. The molecular formula is C6H2Br2ClNO2.